The number of carbonyl (C=O) groups excluding carboxylic acids is 1. The maximum absolute atomic E-state index is 13.0. The van der Waals surface area contributed by atoms with Gasteiger partial charge in [0.15, 0.2) is 0 Å². The number of sulfonamides is 1. The highest BCUT2D eigenvalue weighted by Gasteiger charge is 2.36. The van der Waals surface area contributed by atoms with Crippen LogP contribution in [0.5, 0.6) is 0 Å². The molecule has 0 unspecified atom stereocenters. The minimum absolute atomic E-state index is 0.0443. The first-order chi connectivity index (χ1) is 14.9. The van der Waals surface area contributed by atoms with Crippen LogP contribution in [-0.2, 0) is 16.2 Å². The van der Waals surface area contributed by atoms with Gasteiger partial charge in [-0.1, -0.05) is 11.6 Å². The second-order valence-corrected chi connectivity index (χ2v) is 9.71. The molecule has 1 aliphatic rings. The molecule has 0 spiro atoms. The van der Waals surface area contributed by atoms with Crippen molar-refractivity contribution in [3.63, 3.8) is 0 Å². The van der Waals surface area contributed by atoms with Crippen LogP contribution >= 0.6 is 11.6 Å². The quantitative estimate of drug-likeness (QED) is 0.638. The van der Waals surface area contributed by atoms with Crippen molar-refractivity contribution in [2.45, 2.75) is 18.0 Å². The van der Waals surface area contributed by atoms with Gasteiger partial charge in [-0.05, 0) is 49.4 Å². The third kappa shape index (κ3) is 5.02. The summed E-state index contributed by atoms with van der Waals surface area (Å²) in [5.74, 6) is -0.232. The Kier molecular flexibility index (Phi) is 7.06. The molecule has 0 saturated carbocycles. The molecule has 1 fully saturated rings. The molecule has 2 aromatic carbocycles. The Morgan fingerprint density at radius 2 is 1.66 bits per heavy atom. The van der Waals surface area contributed by atoms with Crippen LogP contribution in [0.25, 0.3) is 0 Å². The number of hydrogen-bond donors (Lipinski definition) is 0. The minimum atomic E-state index is -4.69. The van der Waals surface area contributed by atoms with Crippen LogP contribution in [0.3, 0.4) is 0 Å². The molecule has 0 atom stereocenters. The lowest BCUT2D eigenvalue weighted by Gasteiger charge is -2.34. The first kappa shape index (κ1) is 24.3. The van der Waals surface area contributed by atoms with Gasteiger partial charge in [-0.25, -0.2) is 8.42 Å². The molecular formula is C21H23ClF3N3O3S. The van der Waals surface area contributed by atoms with Gasteiger partial charge in [0.1, 0.15) is 4.90 Å². The molecule has 1 heterocycles. The molecule has 0 aromatic heterocycles. The maximum atomic E-state index is 13.0. The number of halogens is 4. The van der Waals surface area contributed by atoms with E-state index in [0.29, 0.717) is 11.6 Å². The van der Waals surface area contributed by atoms with E-state index in [1.165, 1.54) is 4.90 Å². The number of anilines is 1. The third-order valence-electron chi connectivity index (χ3n) is 5.43. The Morgan fingerprint density at radius 3 is 2.19 bits per heavy atom. The number of alkyl halides is 3. The van der Waals surface area contributed by atoms with E-state index in [0.717, 1.165) is 28.7 Å². The Morgan fingerprint density at radius 1 is 1.06 bits per heavy atom. The van der Waals surface area contributed by atoms with Gasteiger partial charge in [-0.2, -0.15) is 17.5 Å². The number of benzene rings is 2. The Hall–Kier alpha value is -2.30. The Balaban J connectivity index is 1.72. The molecule has 0 aliphatic carbocycles. The largest absolute Gasteiger partial charge is 0.416 e. The topological polar surface area (TPSA) is 60.9 Å². The fourth-order valence-corrected chi connectivity index (χ4v) is 5.29. The molecule has 32 heavy (non-hydrogen) atoms. The molecule has 0 radical (unpaired) electrons. The van der Waals surface area contributed by atoms with Crippen molar-refractivity contribution in [3.8, 4) is 0 Å². The molecule has 0 bridgehead atoms. The average molecular weight is 490 g/mol. The minimum Gasteiger partial charge on any atom is -0.375 e. The number of piperazine rings is 1. The maximum Gasteiger partial charge on any atom is 0.416 e. The summed E-state index contributed by atoms with van der Waals surface area (Å²) in [5, 5.41) is -0.284. The van der Waals surface area contributed by atoms with Gasteiger partial charge in [0.2, 0.25) is 10.0 Å². The number of rotatable bonds is 5. The second kappa shape index (κ2) is 9.29. The van der Waals surface area contributed by atoms with E-state index in [9.17, 15) is 26.4 Å². The van der Waals surface area contributed by atoms with Crippen molar-refractivity contribution in [2.75, 3.05) is 44.7 Å². The zero-order valence-corrected chi connectivity index (χ0v) is 19.1. The molecule has 0 N–H and O–H groups in total. The SMILES string of the molecule is CCN(C)c1ccc(C(=O)N2CCN(S(=O)(=O)c3cc(C(F)(F)F)ccc3Cl)CC2)cc1. The van der Waals surface area contributed by atoms with E-state index in [1.807, 2.05) is 31.0 Å². The van der Waals surface area contributed by atoms with Crippen molar-refractivity contribution in [2.24, 2.45) is 0 Å². The van der Waals surface area contributed by atoms with Gasteiger partial charge in [-0.15, -0.1) is 0 Å². The Labute approximate surface area is 190 Å². The summed E-state index contributed by atoms with van der Waals surface area (Å²) in [7, 11) is -2.31. The molecule has 1 aliphatic heterocycles. The van der Waals surface area contributed by atoms with Crippen molar-refractivity contribution >= 4 is 33.2 Å². The zero-order valence-electron chi connectivity index (χ0n) is 17.6. The smallest absolute Gasteiger partial charge is 0.375 e. The van der Waals surface area contributed by atoms with E-state index in [2.05, 4.69) is 0 Å². The van der Waals surface area contributed by atoms with Crippen LogP contribution in [0.15, 0.2) is 47.4 Å². The highest BCUT2D eigenvalue weighted by Crippen LogP contribution is 2.34. The van der Waals surface area contributed by atoms with Crippen molar-refractivity contribution in [3.05, 3.63) is 58.6 Å². The normalized spacial score (nSPS) is 15.6. The third-order valence-corrected chi connectivity index (χ3v) is 7.81. The molecule has 6 nitrogen and oxygen atoms in total. The van der Waals surface area contributed by atoms with E-state index < -0.39 is 26.7 Å². The summed E-state index contributed by atoms with van der Waals surface area (Å²) in [6.07, 6.45) is -4.69. The van der Waals surface area contributed by atoms with Crippen molar-refractivity contribution < 1.29 is 26.4 Å². The molecule has 1 saturated heterocycles. The number of amides is 1. The average Bonchev–Trinajstić information content (AvgIpc) is 2.77. The number of hydrogen-bond acceptors (Lipinski definition) is 4. The predicted molar refractivity (Wildman–Crippen MR) is 117 cm³/mol. The van der Waals surface area contributed by atoms with Crippen LogP contribution < -0.4 is 4.90 Å². The lowest BCUT2D eigenvalue weighted by molar-refractivity contribution is -0.137. The van der Waals surface area contributed by atoms with Crippen LogP contribution in [0.4, 0.5) is 18.9 Å². The van der Waals surface area contributed by atoms with Crippen LogP contribution in [0, 0.1) is 0 Å². The van der Waals surface area contributed by atoms with E-state index in [-0.39, 0.29) is 37.1 Å². The molecule has 1 amide bonds. The summed E-state index contributed by atoms with van der Waals surface area (Å²) >= 11 is 5.91. The molecular weight excluding hydrogens is 467 g/mol. The lowest BCUT2D eigenvalue weighted by Crippen LogP contribution is -2.50. The summed E-state index contributed by atoms with van der Waals surface area (Å²) in [6, 6.07) is 9.33. The van der Waals surface area contributed by atoms with Crippen LogP contribution in [0.2, 0.25) is 5.02 Å². The van der Waals surface area contributed by atoms with E-state index >= 15 is 0 Å². The van der Waals surface area contributed by atoms with Crippen LogP contribution in [0.1, 0.15) is 22.8 Å². The summed E-state index contributed by atoms with van der Waals surface area (Å²) in [4.78, 5) is 15.7. The summed E-state index contributed by atoms with van der Waals surface area (Å²) in [6.45, 7) is 2.98. The molecule has 2 aromatic rings. The van der Waals surface area contributed by atoms with Gasteiger partial charge in [0, 0.05) is 51.0 Å². The standard InChI is InChI=1S/C21H23ClF3N3O3S/c1-3-26(2)17-7-4-15(5-8-17)20(29)27-10-12-28(13-11-27)32(30,31)19-14-16(21(23,24)25)6-9-18(19)22/h4-9,14H,3,10-13H2,1-2H3. The van der Waals surface area contributed by atoms with Gasteiger partial charge < -0.3 is 9.80 Å². The van der Waals surface area contributed by atoms with Gasteiger partial charge in [0.25, 0.3) is 5.91 Å². The fourth-order valence-electron chi connectivity index (χ4n) is 3.37. The monoisotopic (exact) mass is 489 g/mol. The fraction of sp³-hybridized carbons (Fsp3) is 0.381. The number of carbonyl (C=O) groups is 1. The van der Waals surface area contributed by atoms with Gasteiger partial charge in [0.05, 0.1) is 10.6 Å². The first-order valence-corrected chi connectivity index (χ1v) is 11.7. The van der Waals surface area contributed by atoms with Crippen LogP contribution in [-0.4, -0.2) is 63.3 Å². The molecule has 174 valence electrons. The predicted octanol–water partition coefficient (Wildman–Crippen LogP) is 3.96. The van der Waals surface area contributed by atoms with E-state index in [1.54, 1.807) is 12.1 Å². The summed E-state index contributed by atoms with van der Waals surface area (Å²) in [5.41, 5.74) is 0.361. The Bertz CT molecular complexity index is 1080. The summed E-state index contributed by atoms with van der Waals surface area (Å²) < 4.78 is 66.0. The molecule has 3 rings (SSSR count). The first-order valence-electron chi connectivity index (χ1n) is 9.92. The zero-order chi connectivity index (χ0) is 23.7. The number of nitrogens with zero attached hydrogens (tertiary/aromatic N) is 3. The highest BCUT2D eigenvalue weighted by molar-refractivity contribution is 7.89. The van der Waals surface area contributed by atoms with Gasteiger partial charge in [-0.3, -0.25) is 4.79 Å². The van der Waals surface area contributed by atoms with Crippen molar-refractivity contribution in [1.29, 1.82) is 0 Å². The van der Waals surface area contributed by atoms with Crippen molar-refractivity contribution in [1.82, 2.24) is 9.21 Å². The lowest BCUT2D eigenvalue weighted by atomic mass is 10.1. The van der Waals surface area contributed by atoms with Gasteiger partial charge >= 0.3 is 6.18 Å². The molecule has 11 heteroatoms. The highest BCUT2D eigenvalue weighted by atomic mass is 35.5. The second-order valence-electron chi connectivity index (χ2n) is 7.40. The van der Waals surface area contributed by atoms with E-state index in [4.69, 9.17) is 11.6 Å².